The lowest BCUT2D eigenvalue weighted by Crippen LogP contribution is -2.56. The zero-order valence-corrected chi connectivity index (χ0v) is 15.4. The van der Waals surface area contributed by atoms with Crippen molar-refractivity contribution in [2.24, 2.45) is 13.0 Å². The van der Waals surface area contributed by atoms with Crippen LogP contribution in [0.4, 0.5) is 26.2 Å². The Morgan fingerprint density at radius 1 is 1.29 bits per heavy atom. The Morgan fingerprint density at radius 2 is 2.00 bits per heavy atom. The van der Waals surface area contributed by atoms with Crippen molar-refractivity contribution < 1.29 is 13.6 Å². The average Bonchev–Trinajstić information content (AvgIpc) is 2.96. The van der Waals surface area contributed by atoms with E-state index < -0.39 is 11.8 Å². The molecule has 28 heavy (non-hydrogen) atoms. The van der Waals surface area contributed by atoms with E-state index in [1.54, 1.807) is 22.0 Å². The van der Waals surface area contributed by atoms with Crippen LogP contribution in [0.2, 0.25) is 0 Å². The fourth-order valence-electron chi connectivity index (χ4n) is 4.31. The molecule has 2 bridgehead atoms. The molecule has 148 valence electrons. The van der Waals surface area contributed by atoms with E-state index in [1.165, 1.54) is 0 Å². The minimum Gasteiger partial charge on any atom is -0.352 e. The summed E-state index contributed by atoms with van der Waals surface area (Å²) in [4.78, 5) is 25.2. The summed E-state index contributed by atoms with van der Waals surface area (Å²) in [5.41, 5.74) is 0.792. The number of fused-ring (bicyclic) bond motifs is 2. The monoisotopic (exact) mass is 389 g/mol. The van der Waals surface area contributed by atoms with Gasteiger partial charge in [0.2, 0.25) is 11.9 Å². The minimum absolute atomic E-state index is 0.0349. The number of nitrogens with zero attached hydrogens (tertiary/aromatic N) is 6. The number of hydrogen-bond acceptors (Lipinski definition) is 6. The van der Waals surface area contributed by atoms with Crippen LogP contribution >= 0.6 is 0 Å². The molecule has 0 unspecified atom stereocenters. The predicted molar refractivity (Wildman–Crippen MR) is 97.4 cm³/mol. The molecule has 1 N–H and O–H groups in total. The Balaban J connectivity index is 1.30. The third-order valence-electron chi connectivity index (χ3n) is 5.79. The summed E-state index contributed by atoms with van der Waals surface area (Å²) in [5.74, 6) is -3.07. The van der Waals surface area contributed by atoms with Crippen molar-refractivity contribution in [3.05, 3.63) is 24.7 Å². The summed E-state index contributed by atoms with van der Waals surface area (Å²) in [6, 6.07) is 1.76. The average molecular weight is 389 g/mol. The van der Waals surface area contributed by atoms with Gasteiger partial charge < -0.3 is 15.1 Å². The first-order valence-corrected chi connectivity index (χ1v) is 9.44. The van der Waals surface area contributed by atoms with Gasteiger partial charge in [-0.25, -0.2) is 13.8 Å². The molecule has 2 saturated heterocycles. The molecule has 3 fully saturated rings. The van der Waals surface area contributed by atoms with Crippen molar-refractivity contribution in [1.82, 2.24) is 24.6 Å². The van der Waals surface area contributed by atoms with Crippen molar-refractivity contribution in [2.45, 2.75) is 37.3 Å². The molecule has 0 aromatic carbocycles. The highest BCUT2D eigenvalue weighted by atomic mass is 19.3. The number of amides is 1. The van der Waals surface area contributed by atoms with E-state index in [1.807, 2.05) is 19.3 Å². The maximum absolute atomic E-state index is 13.4. The Bertz CT molecular complexity index is 903. The molecule has 2 aromatic heterocycles. The second-order valence-electron chi connectivity index (χ2n) is 7.82. The number of rotatable bonds is 4. The summed E-state index contributed by atoms with van der Waals surface area (Å²) in [6.45, 7) is 1.20. The molecule has 3 aliphatic rings. The summed E-state index contributed by atoms with van der Waals surface area (Å²) in [5, 5.41) is 7.23. The molecule has 4 heterocycles. The van der Waals surface area contributed by atoms with Crippen molar-refractivity contribution in [2.75, 3.05) is 23.3 Å². The van der Waals surface area contributed by atoms with Gasteiger partial charge in [-0.2, -0.15) is 10.1 Å². The Labute approximate surface area is 160 Å². The molecule has 8 nitrogen and oxygen atoms in total. The number of anilines is 3. The first-order chi connectivity index (χ1) is 13.4. The minimum atomic E-state index is -2.81. The number of carbonyl (C=O) groups excluding carboxylic acids is 1. The summed E-state index contributed by atoms with van der Waals surface area (Å²) in [6.07, 6.45) is 6.59. The van der Waals surface area contributed by atoms with Gasteiger partial charge in [0.25, 0.3) is 5.92 Å². The number of nitrogens with one attached hydrogen (secondary N) is 1. The number of halogens is 2. The zero-order valence-electron chi connectivity index (χ0n) is 15.4. The highest BCUT2D eigenvalue weighted by molar-refractivity contribution is 5.84. The quantitative estimate of drug-likeness (QED) is 0.859. The molecule has 5 rings (SSSR count). The number of alkyl halides is 2. The van der Waals surface area contributed by atoms with E-state index in [0.717, 1.165) is 24.3 Å². The number of hydrogen-bond donors (Lipinski definition) is 1. The lowest BCUT2D eigenvalue weighted by atomic mass is 10.1. The van der Waals surface area contributed by atoms with E-state index in [9.17, 15) is 13.6 Å². The second-order valence-corrected chi connectivity index (χ2v) is 7.82. The molecule has 3 atom stereocenters. The molecule has 0 radical (unpaired) electrons. The molecule has 0 spiro atoms. The lowest BCUT2D eigenvalue weighted by Gasteiger charge is -2.41. The highest BCUT2D eigenvalue weighted by Gasteiger charge is 2.64. The van der Waals surface area contributed by atoms with Gasteiger partial charge in [-0.1, -0.05) is 0 Å². The highest BCUT2D eigenvalue weighted by Crippen LogP contribution is 2.51. The topological polar surface area (TPSA) is 79.2 Å². The van der Waals surface area contributed by atoms with Crippen molar-refractivity contribution in [3.8, 4) is 0 Å². The predicted octanol–water partition coefficient (Wildman–Crippen LogP) is 1.79. The third kappa shape index (κ3) is 2.96. The lowest BCUT2D eigenvalue weighted by molar-refractivity contribution is -0.138. The fourth-order valence-corrected chi connectivity index (χ4v) is 4.31. The number of aryl methyl sites for hydroxylation is 1. The number of piperazine rings is 1. The second kappa shape index (κ2) is 6.11. The third-order valence-corrected chi connectivity index (χ3v) is 5.79. The molecule has 1 amide bonds. The Kier molecular flexibility index (Phi) is 3.78. The van der Waals surface area contributed by atoms with E-state index in [2.05, 4.69) is 25.3 Å². The van der Waals surface area contributed by atoms with Crippen molar-refractivity contribution in [1.29, 1.82) is 0 Å². The Morgan fingerprint density at radius 3 is 2.61 bits per heavy atom. The van der Waals surface area contributed by atoms with Crippen LogP contribution < -0.4 is 10.2 Å². The van der Waals surface area contributed by atoms with Gasteiger partial charge in [0.15, 0.2) is 0 Å². The van der Waals surface area contributed by atoms with Gasteiger partial charge >= 0.3 is 0 Å². The van der Waals surface area contributed by atoms with Gasteiger partial charge in [-0.15, -0.1) is 0 Å². The molecular formula is C18H21F2N7O. The van der Waals surface area contributed by atoms with Gasteiger partial charge in [-0.3, -0.25) is 9.48 Å². The number of carbonyl (C=O) groups is 1. The van der Waals surface area contributed by atoms with E-state index >= 15 is 0 Å². The van der Waals surface area contributed by atoms with Crippen LogP contribution in [0.3, 0.4) is 0 Å². The van der Waals surface area contributed by atoms with Crippen LogP contribution in [0.1, 0.15) is 19.3 Å². The normalized spacial score (nSPS) is 27.8. The summed E-state index contributed by atoms with van der Waals surface area (Å²) < 4.78 is 28.4. The van der Waals surface area contributed by atoms with Gasteiger partial charge in [0.05, 0.1) is 11.9 Å². The van der Waals surface area contributed by atoms with Crippen LogP contribution in [0, 0.1) is 5.92 Å². The van der Waals surface area contributed by atoms with Gasteiger partial charge in [-0.05, 0) is 18.9 Å². The van der Waals surface area contributed by atoms with Crippen LogP contribution in [-0.2, 0) is 11.8 Å². The first-order valence-electron chi connectivity index (χ1n) is 9.44. The largest absolute Gasteiger partial charge is 0.352 e. The van der Waals surface area contributed by atoms with Crippen LogP contribution in [0.25, 0.3) is 0 Å². The molecule has 2 aromatic rings. The van der Waals surface area contributed by atoms with E-state index in [-0.39, 0.29) is 24.4 Å². The summed E-state index contributed by atoms with van der Waals surface area (Å²) >= 11 is 0. The first kappa shape index (κ1) is 17.3. The van der Waals surface area contributed by atoms with Crippen molar-refractivity contribution in [3.63, 3.8) is 0 Å². The molecule has 1 aliphatic carbocycles. The Hall–Kier alpha value is -2.78. The fraction of sp³-hybridized carbons (Fsp3) is 0.556. The maximum Gasteiger partial charge on any atom is 0.260 e. The standard InChI is InChI=1S/C18H21F2N7O/c1-25-8-11(7-22-25)23-17-21-5-4-15(24-17)26-9-12-2-3-13(10-26)27(12)16(28)14-6-18(14,19)20/h4-5,7-8,12-14H,2-3,6,9-10H2,1H3,(H,21,23,24)/t12-,13-,14+/m1/s1. The molecule has 1 saturated carbocycles. The van der Waals surface area contributed by atoms with Gasteiger partial charge in [0.1, 0.15) is 11.7 Å². The van der Waals surface area contributed by atoms with Crippen LogP contribution in [-0.4, -0.2) is 61.7 Å². The molecular weight excluding hydrogens is 368 g/mol. The van der Waals surface area contributed by atoms with E-state index in [0.29, 0.717) is 19.0 Å². The van der Waals surface area contributed by atoms with Crippen LogP contribution in [0.5, 0.6) is 0 Å². The maximum atomic E-state index is 13.4. The number of aromatic nitrogens is 4. The SMILES string of the molecule is Cn1cc(Nc2nccc(N3C[C@H]4CC[C@H](C3)N4C(=O)[C@@H]3CC3(F)F)n2)cn1. The molecule has 2 aliphatic heterocycles. The van der Waals surface area contributed by atoms with Crippen LogP contribution in [0.15, 0.2) is 24.7 Å². The van der Waals surface area contributed by atoms with Crippen molar-refractivity contribution >= 4 is 23.4 Å². The smallest absolute Gasteiger partial charge is 0.260 e. The van der Waals surface area contributed by atoms with Gasteiger partial charge in [0, 0.05) is 51.0 Å². The zero-order chi connectivity index (χ0) is 19.5. The summed E-state index contributed by atoms with van der Waals surface area (Å²) in [7, 11) is 1.83. The molecule has 10 heteroatoms. The van der Waals surface area contributed by atoms with E-state index in [4.69, 9.17) is 0 Å².